The zero-order valence-electron chi connectivity index (χ0n) is 9.11. The van der Waals surface area contributed by atoms with Crippen molar-refractivity contribution in [3.8, 4) is 11.8 Å². The van der Waals surface area contributed by atoms with Gasteiger partial charge in [-0.2, -0.15) is 0 Å². The van der Waals surface area contributed by atoms with E-state index in [9.17, 15) is 8.42 Å². The standard InChI is InChI=1S/C11H13NO3S/c1-9-8-11(12-16(2,14)15)6-5-10(9)4-3-7-13/h5-6,8,12-13H,7H2,1-2H3. The first kappa shape index (κ1) is 12.6. The van der Waals surface area contributed by atoms with Crippen LogP contribution in [0.4, 0.5) is 5.69 Å². The molecule has 0 aromatic heterocycles. The van der Waals surface area contributed by atoms with Crippen LogP contribution in [0.25, 0.3) is 0 Å². The zero-order valence-corrected chi connectivity index (χ0v) is 9.93. The predicted octanol–water partition coefficient (Wildman–Crippen LogP) is 0.710. The highest BCUT2D eigenvalue weighted by Gasteiger charge is 2.03. The fourth-order valence-electron chi connectivity index (χ4n) is 1.22. The van der Waals surface area contributed by atoms with Crippen molar-refractivity contribution in [2.75, 3.05) is 17.6 Å². The molecule has 0 saturated carbocycles. The fourth-order valence-corrected chi connectivity index (χ4v) is 1.77. The summed E-state index contributed by atoms with van der Waals surface area (Å²) in [7, 11) is -3.25. The number of aryl methyl sites for hydroxylation is 1. The molecule has 5 heteroatoms. The maximum atomic E-state index is 11.0. The lowest BCUT2D eigenvalue weighted by atomic mass is 10.1. The van der Waals surface area contributed by atoms with E-state index in [1.807, 2.05) is 6.92 Å². The number of hydrogen-bond donors (Lipinski definition) is 2. The molecule has 0 unspecified atom stereocenters. The van der Waals surface area contributed by atoms with E-state index in [1.54, 1.807) is 18.2 Å². The molecular formula is C11H13NO3S. The average Bonchev–Trinajstić information content (AvgIpc) is 2.14. The minimum Gasteiger partial charge on any atom is -0.384 e. The van der Waals surface area contributed by atoms with E-state index in [-0.39, 0.29) is 6.61 Å². The third-order valence-corrected chi connectivity index (χ3v) is 2.44. The van der Waals surface area contributed by atoms with Crippen LogP contribution in [0.5, 0.6) is 0 Å². The van der Waals surface area contributed by atoms with Crippen molar-refractivity contribution in [1.82, 2.24) is 0 Å². The molecule has 0 heterocycles. The van der Waals surface area contributed by atoms with Crippen molar-refractivity contribution in [2.45, 2.75) is 6.92 Å². The minimum absolute atomic E-state index is 0.192. The molecule has 1 aromatic rings. The highest BCUT2D eigenvalue weighted by atomic mass is 32.2. The number of benzene rings is 1. The lowest BCUT2D eigenvalue weighted by Gasteiger charge is -2.05. The van der Waals surface area contributed by atoms with Crippen molar-refractivity contribution in [3.63, 3.8) is 0 Å². The molecule has 86 valence electrons. The summed E-state index contributed by atoms with van der Waals surface area (Å²) in [6, 6.07) is 5.05. The van der Waals surface area contributed by atoms with Crippen LogP contribution in [0.3, 0.4) is 0 Å². The summed E-state index contributed by atoms with van der Waals surface area (Å²) in [5.74, 6) is 5.32. The van der Waals surface area contributed by atoms with Crippen LogP contribution in [-0.2, 0) is 10.0 Å². The number of sulfonamides is 1. The van der Waals surface area contributed by atoms with Crippen LogP contribution in [0.1, 0.15) is 11.1 Å². The molecule has 0 aliphatic heterocycles. The van der Waals surface area contributed by atoms with E-state index in [2.05, 4.69) is 16.6 Å². The van der Waals surface area contributed by atoms with Crippen molar-refractivity contribution in [3.05, 3.63) is 29.3 Å². The summed E-state index contributed by atoms with van der Waals surface area (Å²) in [6.45, 7) is 1.64. The quantitative estimate of drug-likeness (QED) is 0.747. The third-order valence-electron chi connectivity index (χ3n) is 1.83. The summed E-state index contributed by atoms with van der Waals surface area (Å²) in [4.78, 5) is 0. The van der Waals surface area contributed by atoms with Gasteiger partial charge in [0.05, 0.1) is 6.26 Å². The van der Waals surface area contributed by atoms with Gasteiger partial charge in [-0.25, -0.2) is 8.42 Å². The number of anilines is 1. The lowest BCUT2D eigenvalue weighted by molar-refractivity contribution is 0.350. The van der Waals surface area contributed by atoms with E-state index in [0.29, 0.717) is 5.69 Å². The number of aliphatic hydroxyl groups is 1. The first-order valence-electron chi connectivity index (χ1n) is 4.60. The van der Waals surface area contributed by atoms with Gasteiger partial charge < -0.3 is 5.11 Å². The van der Waals surface area contributed by atoms with E-state index in [4.69, 9.17) is 5.11 Å². The van der Waals surface area contributed by atoms with Gasteiger partial charge >= 0.3 is 0 Å². The van der Waals surface area contributed by atoms with Crippen LogP contribution in [0, 0.1) is 18.8 Å². The molecule has 0 spiro atoms. The second kappa shape index (κ2) is 5.01. The zero-order chi connectivity index (χ0) is 12.2. The normalized spacial score (nSPS) is 10.4. The van der Waals surface area contributed by atoms with E-state index >= 15 is 0 Å². The van der Waals surface area contributed by atoms with Crippen molar-refractivity contribution in [2.24, 2.45) is 0 Å². The minimum atomic E-state index is -3.25. The first-order valence-corrected chi connectivity index (χ1v) is 6.49. The Bertz CT molecular complexity index is 538. The molecule has 0 amide bonds. The number of aliphatic hydroxyl groups excluding tert-OH is 1. The fraction of sp³-hybridized carbons (Fsp3) is 0.273. The Morgan fingerprint density at radius 2 is 2.12 bits per heavy atom. The van der Waals surface area contributed by atoms with Crippen LogP contribution >= 0.6 is 0 Å². The molecule has 2 N–H and O–H groups in total. The molecular weight excluding hydrogens is 226 g/mol. The van der Waals surface area contributed by atoms with Crippen LogP contribution in [0.15, 0.2) is 18.2 Å². The van der Waals surface area contributed by atoms with Gasteiger partial charge in [0.25, 0.3) is 0 Å². The second-order valence-electron chi connectivity index (χ2n) is 3.36. The Morgan fingerprint density at radius 1 is 1.44 bits per heavy atom. The second-order valence-corrected chi connectivity index (χ2v) is 5.11. The molecule has 0 atom stereocenters. The SMILES string of the molecule is Cc1cc(NS(C)(=O)=O)ccc1C#CCO. The maximum absolute atomic E-state index is 11.0. The van der Waals surface area contributed by atoms with Gasteiger partial charge in [0.2, 0.25) is 10.0 Å². The summed E-state index contributed by atoms with van der Waals surface area (Å²) in [5, 5.41) is 8.56. The Labute approximate surface area is 95.4 Å². The topological polar surface area (TPSA) is 66.4 Å². The molecule has 0 bridgehead atoms. The van der Waals surface area contributed by atoms with Gasteiger partial charge in [0.15, 0.2) is 0 Å². The Morgan fingerprint density at radius 3 is 2.62 bits per heavy atom. The molecule has 1 aromatic carbocycles. The number of rotatable bonds is 2. The van der Waals surface area contributed by atoms with Crippen molar-refractivity contribution >= 4 is 15.7 Å². The first-order chi connectivity index (χ1) is 7.42. The molecule has 4 nitrogen and oxygen atoms in total. The van der Waals surface area contributed by atoms with Crippen molar-refractivity contribution < 1.29 is 13.5 Å². The van der Waals surface area contributed by atoms with Gasteiger partial charge in [-0.3, -0.25) is 4.72 Å². The van der Waals surface area contributed by atoms with Crippen LogP contribution < -0.4 is 4.72 Å². The number of nitrogens with one attached hydrogen (secondary N) is 1. The Kier molecular flexibility index (Phi) is 3.93. The summed E-state index contributed by atoms with van der Waals surface area (Å²) < 4.78 is 24.4. The lowest BCUT2D eigenvalue weighted by Crippen LogP contribution is -2.09. The maximum Gasteiger partial charge on any atom is 0.229 e. The molecule has 0 aliphatic rings. The smallest absolute Gasteiger partial charge is 0.229 e. The third kappa shape index (κ3) is 3.93. The molecule has 16 heavy (non-hydrogen) atoms. The van der Waals surface area contributed by atoms with Gasteiger partial charge in [0.1, 0.15) is 6.61 Å². The number of hydrogen-bond acceptors (Lipinski definition) is 3. The summed E-state index contributed by atoms with van der Waals surface area (Å²) >= 11 is 0. The average molecular weight is 239 g/mol. The molecule has 0 radical (unpaired) electrons. The van der Waals surface area contributed by atoms with Crippen molar-refractivity contribution in [1.29, 1.82) is 0 Å². The predicted molar refractivity (Wildman–Crippen MR) is 63.6 cm³/mol. The van der Waals surface area contributed by atoms with Gasteiger partial charge in [-0.05, 0) is 30.7 Å². The van der Waals surface area contributed by atoms with Gasteiger partial charge in [-0.1, -0.05) is 11.8 Å². The molecule has 1 rings (SSSR count). The Hall–Kier alpha value is -1.51. The van der Waals surface area contributed by atoms with Crippen LogP contribution in [-0.4, -0.2) is 26.4 Å². The summed E-state index contributed by atoms with van der Waals surface area (Å²) in [5.41, 5.74) is 2.14. The monoisotopic (exact) mass is 239 g/mol. The molecule has 0 aliphatic carbocycles. The highest BCUT2D eigenvalue weighted by Crippen LogP contribution is 2.15. The largest absolute Gasteiger partial charge is 0.384 e. The van der Waals surface area contributed by atoms with Gasteiger partial charge in [0, 0.05) is 11.3 Å². The van der Waals surface area contributed by atoms with E-state index in [0.717, 1.165) is 17.4 Å². The highest BCUT2D eigenvalue weighted by molar-refractivity contribution is 7.92. The molecule has 0 fully saturated rings. The molecule has 0 saturated heterocycles. The summed E-state index contributed by atoms with van der Waals surface area (Å²) in [6.07, 6.45) is 1.10. The van der Waals surface area contributed by atoms with Gasteiger partial charge in [-0.15, -0.1) is 0 Å². The van der Waals surface area contributed by atoms with Crippen LogP contribution in [0.2, 0.25) is 0 Å². The van der Waals surface area contributed by atoms with E-state index in [1.165, 1.54) is 0 Å². The Balaban J connectivity index is 3.00. The van der Waals surface area contributed by atoms with E-state index < -0.39 is 10.0 Å².